The molecular weight excluding hydrogens is 361 g/mol. The van der Waals surface area contributed by atoms with Gasteiger partial charge in [-0.2, -0.15) is 0 Å². The summed E-state index contributed by atoms with van der Waals surface area (Å²) in [5, 5.41) is 0.0110. The molecule has 0 aliphatic heterocycles. The fourth-order valence-corrected chi connectivity index (χ4v) is 2.72. The van der Waals surface area contributed by atoms with E-state index >= 15 is 0 Å². The van der Waals surface area contributed by atoms with E-state index in [0.29, 0.717) is 22.5 Å². The topological polar surface area (TPSA) is 53.1 Å². The van der Waals surface area contributed by atoms with Crippen LogP contribution in [0, 0.1) is 5.82 Å². The van der Waals surface area contributed by atoms with Crippen LogP contribution < -0.4 is 10.5 Å². The zero-order chi connectivity index (χ0) is 15.1. The lowest BCUT2D eigenvalue weighted by Gasteiger charge is -2.11. The fourth-order valence-electron chi connectivity index (χ4n) is 2.14. The summed E-state index contributed by atoms with van der Waals surface area (Å²) >= 11 is 9.23. The molecular formula is C14H10BrClFN3O. The molecule has 0 bridgehead atoms. The lowest BCUT2D eigenvalue weighted by molar-refractivity contribution is 0.414. The Hall–Kier alpha value is -1.79. The smallest absolute Gasteiger partial charge is 0.205 e. The van der Waals surface area contributed by atoms with Gasteiger partial charge in [0.2, 0.25) is 5.95 Å². The number of ether oxygens (including phenoxy) is 1. The van der Waals surface area contributed by atoms with Crippen LogP contribution in [0.4, 0.5) is 10.3 Å². The average molecular weight is 371 g/mol. The van der Waals surface area contributed by atoms with Gasteiger partial charge in [-0.25, -0.2) is 9.37 Å². The van der Waals surface area contributed by atoms with Crippen molar-refractivity contribution in [1.29, 1.82) is 0 Å². The van der Waals surface area contributed by atoms with Crippen molar-refractivity contribution in [2.45, 2.75) is 0 Å². The number of hydrogen-bond acceptors (Lipinski definition) is 3. The van der Waals surface area contributed by atoms with Gasteiger partial charge in [0.15, 0.2) is 0 Å². The number of nitrogen functional groups attached to an aromatic ring is 1. The predicted octanol–water partition coefficient (Wildman–Crippen LogP) is 4.17. The van der Waals surface area contributed by atoms with Crippen LogP contribution >= 0.6 is 27.5 Å². The molecule has 21 heavy (non-hydrogen) atoms. The maximum atomic E-state index is 13.7. The third kappa shape index (κ3) is 2.34. The van der Waals surface area contributed by atoms with Crippen LogP contribution in [-0.2, 0) is 0 Å². The molecule has 0 spiro atoms. The molecule has 108 valence electrons. The molecule has 2 aromatic carbocycles. The number of hydrogen-bond donors (Lipinski definition) is 1. The molecule has 0 saturated carbocycles. The molecule has 3 rings (SSSR count). The van der Waals surface area contributed by atoms with Gasteiger partial charge in [0.1, 0.15) is 11.6 Å². The van der Waals surface area contributed by atoms with Crippen molar-refractivity contribution < 1.29 is 9.13 Å². The first-order chi connectivity index (χ1) is 10.0. The predicted molar refractivity (Wildman–Crippen MR) is 84.7 cm³/mol. The van der Waals surface area contributed by atoms with Gasteiger partial charge in [-0.15, -0.1) is 0 Å². The van der Waals surface area contributed by atoms with Crippen molar-refractivity contribution in [3.8, 4) is 11.4 Å². The van der Waals surface area contributed by atoms with E-state index in [0.717, 1.165) is 4.47 Å². The van der Waals surface area contributed by atoms with E-state index in [4.69, 9.17) is 22.1 Å². The van der Waals surface area contributed by atoms with Gasteiger partial charge in [0.05, 0.1) is 28.9 Å². The molecule has 1 heterocycles. The van der Waals surface area contributed by atoms with Gasteiger partial charge in [-0.1, -0.05) is 11.6 Å². The van der Waals surface area contributed by atoms with Crippen LogP contribution in [0.15, 0.2) is 34.8 Å². The van der Waals surface area contributed by atoms with E-state index in [1.54, 1.807) is 23.8 Å². The largest absolute Gasteiger partial charge is 0.497 e. The van der Waals surface area contributed by atoms with Crippen LogP contribution in [0.25, 0.3) is 16.7 Å². The van der Waals surface area contributed by atoms with Crippen LogP contribution in [0.5, 0.6) is 5.75 Å². The quantitative estimate of drug-likeness (QED) is 0.736. The van der Waals surface area contributed by atoms with Crippen LogP contribution in [0.3, 0.4) is 0 Å². The molecule has 0 radical (unpaired) electrons. The lowest BCUT2D eigenvalue weighted by atomic mass is 10.2. The Balaban J connectivity index is 2.34. The van der Waals surface area contributed by atoms with E-state index in [1.807, 2.05) is 6.07 Å². The first-order valence-electron chi connectivity index (χ1n) is 5.98. The van der Waals surface area contributed by atoms with Crippen molar-refractivity contribution in [3.05, 3.63) is 45.6 Å². The molecule has 0 aliphatic carbocycles. The van der Waals surface area contributed by atoms with E-state index in [1.165, 1.54) is 12.1 Å². The summed E-state index contributed by atoms with van der Waals surface area (Å²) in [7, 11) is 1.57. The summed E-state index contributed by atoms with van der Waals surface area (Å²) in [6.45, 7) is 0. The highest BCUT2D eigenvalue weighted by molar-refractivity contribution is 9.10. The summed E-state index contributed by atoms with van der Waals surface area (Å²) in [5.74, 6) is 0.369. The lowest BCUT2D eigenvalue weighted by Crippen LogP contribution is -2.02. The molecule has 3 aromatic rings. The highest BCUT2D eigenvalue weighted by Crippen LogP contribution is 2.32. The van der Waals surface area contributed by atoms with Gasteiger partial charge in [-0.3, -0.25) is 4.57 Å². The van der Waals surface area contributed by atoms with Crippen LogP contribution in [0.2, 0.25) is 5.02 Å². The Kier molecular flexibility index (Phi) is 3.51. The van der Waals surface area contributed by atoms with Gasteiger partial charge in [0.25, 0.3) is 0 Å². The number of aromatic nitrogens is 2. The second-order valence-electron chi connectivity index (χ2n) is 4.38. The van der Waals surface area contributed by atoms with E-state index in [9.17, 15) is 4.39 Å². The number of benzene rings is 2. The third-order valence-electron chi connectivity index (χ3n) is 3.12. The van der Waals surface area contributed by atoms with Crippen molar-refractivity contribution >= 4 is 44.5 Å². The number of nitrogens with two attached hydrogens (primary N) is 1. The second kappa shape index (κ2) is 5.20. The molecule has 0 amide bonds. The highest BCUT2D eigenvalue weighted by Gasteiger charge is 2.15. The van der Waals surface area contributed by atoms with Gasteiger partial charge < -0.3 is 10.5 Å². The minimum Gasteiger partial charge on any atom is -0.497 e. The Labute approximate surface area is 133 Å². The van der Waals surface area contributed by atoms with E-state index in [-0.39, 0.29) is 11.0 Å². The maximum Gasteiger partial charge on any atom is 0.205 e. The molecule has 0 atom stereocenters. The average Bonchev–Trinajstić information content (AvgIpc) is 2.75. The van der Waals surface area contributed by atoms with Crippen molar-refractivity contribution in [2.24, 2.45) is 0 Å². The summed E-state index contributed by atoms with van der Waals surface area (Å²) in [4.78, 5) is 4.22. The van der Waals surface area contributed by atoms with E-state index < -0.39 is 5.82 Å². The molecule has 0 unspecified atom stereocenters. The Morgan fingerprint density at radius 3 is 2.81 bits per heavy atom. The van der Waals surface area contributed by atoms with Crippen LogP contribution in [-0.4, -0.2) is 16.7 Å². The van der Waals surface area contributed by atoms with Gasteiger partial charge in [0, 0.05) is 16.6 Å². The summed E-state index contributed by atoms with van der Waals surface area (Å²) in [6.07, 6.45) is 0. The number of fused-ring (bicyclic) bond motifs is 1. The molecule has 0 aliphatic rings. The zero-order valence-corrected chi connectivity index (χ0v) is 13.2. The number of methoxy groups -OCH3 is 1. The SMILES string of the molecule is COc1ccc(Br)c(-n2c(N)nc3cc(Cl)c(F)cc32)c1. The molecule has 0 fully saturated rings. The minimum atomic E-state index is -0.524. The highest BCUT2D eigenvalue weighted by atomic mass is 79.9. The van der Waals surface area contributed by atoms with Crippen molar-refractivity contribution in [2.75, 3.05) is 12.8 Å². The summed E-state index contributed by atoms with van der Waals surface area (Å²) < 4.78 is 21.4. The molecule has 4 nitrogen and oxygen atoms in total. The second-order valence-corrected chi connectivity index (χ2v) is 5.64. The zero-order valence-electron chi connectivity index (χ0n) is 10.9. The van der Waals surface area contributed by atoms with Crippen molar-refractivity contribution in [1.82, 2.24) is 9.55 Å². The minimum absolute atomic E-state index is 0.0110. The number of rotatable bonds is 2. The third-order valence-corrected chi connectivity index (χ3v) is 4.08. The molecule has 0 saturated heterocycles. The number of nitrogens with zero attached hydrogens (tertiary/aromatic N) is 2. The molecule has 2 N–H and O–H groups in total. The summed E-state index contributed by atoms with van der Waals surface area (Å²) in [5.41, 5.74) is 7.73. The van der Waals surface area contributed by atoms with Gasteiger partial charge in [-0.05, 0) is 34.1 Å². The summed E-state index contributed by atoms with van der Waals surface area (Å²) in [6, 6.07) is 8.18. The number of halogens is 3. The standard InChI is InChI=1S/C14H10BrClFN3O/c1-21-7-2-3-8(15)12(4-7)20-13-6-10(17)9(16)5-11(13)19-14(20)18/h2-6H,1H3,(H2,18,19). The van der Waals surface area contributed by atoms with Gasteiger partial charge >= 0.3 is 0 Å². The first kappa shape index (κ1) is 14.2. The first-order valence-corrected chi connectivity index (χ1v) is 7.15. The Bertz CT molecular complexity index is 850. The molecule has 7 heteroatoms. The number of anilines is 1. The Morgan fingerprint density at radius 1 is 1.33 bits per heavy atom. The molecule has 1 aromatic heterocycles. The monoisotopic (exact) mass is 369 g/mol. The number of imidazole rings is 1. The fraction of sp³-hybridized carbons (Fsp3) is 0.0714. The normalized spacial score (nSPS) is 11.0. The van der Waals surface area contributed by atoms with Crippen LogP contribution in [0.1, 0.15) is 0 Å². The Morgan fingerprint density at radius 2 is 2.10 bits per heavy atom. The van der Waals surface area contributed by atoms with E-state index in [2.05, 4.69) is 20.9 Å². The maximum absolute atomic E-state index is 13.7. The van der Waals surface area contributed by atoms with Crippen molar-refractivity contribution in [3.63, 3.8) is 0 Å².